The number of methoxy groups -OCH3 is 1. The first-order valence-electron chi connectivity index (χ1n) is 3.54. The van der Waals surface area contributed by atoms with Crippen molar-refractivity contribution < 1.29 is 33.0 Å². The highest BCUT2D eigenvalue weighted by Crippen LogP contribution is 1.87. The minimum absolute atomic E-state index is 0.936. The molecule has 9 nitrogen and oxygen atoms in total. The third kappa shape index (κ3) is 5.15. The summed E-state index contributed by atoms with van der Waals surface area (Å²) in [5, 5.41) is 16.9. The van der Waals surface area contributed by atoms with Crippen LogP contribution < -0.4 is 9.44 Å². The number of carboxylic acids is 1. The number of hydrogen-bond donors (Lipinski definition) is 4. The second-order valence-electron chi connectivity index (χ2n) is 2.29. The largest absolute Gasteiger partial charge is 0.480 e. The van der Waals surface area contributed by atoms with E-state index in [1.165, 1.54) is 9.44 Å². The molecule has 0 aromatic carbocycles. The molecule has 0 spiro atoms. The monoisotopic (exact) mass is 242 g/mol. The van der Waals surface area contributed by atoms with Gasteiger partial charge in [-0.1, -0.05) is 0 Å². The zero-order valence-electron chi connectivity index (χ0n) is 7.63. The second kappa shape index (κ2) is 5.48. The van der Waals surface area contributed by atoms with Gasteiger partial charge in [0.15, 0.2) is 0 Å². The summed E-state index contributed by atoms with van der Waals surface area (Å²) in [4.78, 5) is 20.8. The van der Waals surface area contributed by atoms with Crippen LogP contribution in [0.5, 0.6) is 0 Å². The molecule has 0 unspecified atom stereocenters. The molecule has 4 N–H and O–H groups in total. The molecule has 0 aromatic heterocycles. The molecule has 0 aromatic rings. The van der Waals surface area contributed by atoms with Crippen LogP contribution in [0.15, 0.2) is 0 Å². The molecule has 0 radical (unpaired) electrons. The molecule has 0 bridgehead atoms. The van der Waals surface area contributed by atoms with Crippen molar-refractivity contribution in [2.45, 2.75) is 6.04 Å². The van der Waals surface area contributed by atoms with Crippen molar-refractivity contribution in [1.29, 1.82) is 0 Å². The molecule has 0 heterocycles. The second-order valence-corrected chi connectivity index (χ2v) is 3.74. The number of ether oxygens (including phenoxy) is 1. The fourth-order valence-electron chi connectivity index (χ4n) is 0.534. The molecule has 0 saturated carbocycles. The van der Waals surface area contributed by atoms with E-state index in [-0.39, 0.29) is 0 Å². The van der Waals surface area contributed by atoms with E-state index < -0.39 is 34.9 Å². The molecule has 0 fully saturated rings. The Labute approximate surface area is 85.2 Å². The molecule has 10 heteroatoms. The smallest absolute Gasteiger partial charge is 0.421 e. The number of aliphatic hydroxyl groups is 1. The van der Waals surface area contributed by atoms with E-state index >= 15 is 0 Å². The SMILES string of the molecule is COC(=O)NS(=O)(=O)N[C@@H](CO)C(=O)O. The van der Waals surface area contributed by atoms with Gasteiger partial charge in [-0.2, -0.15) is 13.1 Å². The van der Waals surface area contributed by atoms with Gasteiger partial charge in [-0.3, -0.25) is 4.79 Å². The van der Waals surface area contributed by atoms with E-state index in [2.05, 4.69) is 4.74 Å². The Morgan fingerprint density at radius 1 is 1.47 bits per heavy atom. The van der Waals surface area contributed by atoms with Gasteiger partial charge in [-0.25, -0.2) is 9.52 Å². The molecule has 0 rings (SSSR count). The third-order valence-electron chi connectivity index (χ3n) is 1.18. The zero-order valence-corrected chi connectivity index (χ0v) is 8.44. The summed E-state index contributed by atoms with van der Waals surface area (Å²) < 4.78 is 28.8. The molecular formula is C5H10N2O7S. The Hall–Kier alpha value is -1.39. The Kier molecular flexibility index (Phi) is 4.97. The summed E-state index contributed by atoms with van der Waals surface area (Å²) in [7, 11) is -3.43. The third-order valence-corrected chi connectivity index (χ3v) is 2.21. The number of rotatable bonds is 5. The highest BCUT2D eigenvalue weighted by molar-refractivity contribution is 7.88. The Morgan fingerprint density at radius 3 is 2.33 bits per heavy atom. The highest BCUT2D eigenvalue weighted by Gasteiger charge is 2.24. The van der Waals surface area contributed by atoms with Gasteiger partial charge in [0.1, 0.15) is 6.04 Å². The molecule has 0 aliphatic carbocycles. The summed E-state index contributed by atoms with van der Waals surface area (Å²) in [6.07, 6.45) is -1.27. The van der Waals surface area contributed by atoms with Crippen molar-refractivity contribution in [3.63, 3.8) is 0 Å². The van der Waals surface area contributed by atoms with Crippen molar-refractivity contribution in [3.05, 3.63) is 0 Å². The Morgan fingerprint density at radius 2 is 2.00 bits per heavy atom. The zero-order chi connectivity index (χ0) is 12.1. The molecule has 0 aliphatic heterocycles. The van der Waals surface area contributed by atoms with Crippen LogP contribution in [0.3, 0.4) is 0 Å². The Balaban J connectivity index is 4.49. The van der Waals surface area contributed by atoms with Gasteiger partial charge in [-0.05, 0) is 0 Å². The first-order valence-corrected chi connectivity index (χ1v) is 5.02. The van der Waals surface area contributed by atoms with Crippen molar-refractivity contribution in [1.82, 2.24) is 9.44 Å². The van der Waals surface area contributed by atoms with Gasteiger partial charge in [0.25, 0.3) is 0 Å². The lowest BCUT2D eigenvalue weighted by Gasteiger charge is -2.11. The van der Waals surface area contributed by atoms with Crippen molar-refractivity contribution in [2.24, 2.45) is 0 Å². The van der Waals surface area contributed by atoms with Crippen LogP contribution in [-0.4, -0.2) is 50.5 Å². The molecular weight excluding hydrogens is 232 g/mol. The van der Waals surface area contributed by atoms with Gasteiger partial charge >= 0.3 is 22.3 Å². The quantitative estimate of drug-likeness (QED) is 0.421. The van der Waals surface area contributed by atoms with E-state index in [0.717, 1.165) is 7.11 Å². The van der Waals surface area contributed by atoms with Gasteiger partial charge in [0.2, 0.25) is 0 Å². The molecule has 0 aliphatic rings. The summed E-state index contributed by atoms with van der Waals surface area (Å²) in [6.45, 7) is -0.947. The minimum Gasteiger partial charge on any atom is -0.480 e. The maximum Gasteiger partial charge on any atom is 0.421 e. The summed E-state index contributed by atoms with van der Waals surface area (Å²) >= 11 is 0. The standard InChI is InChI=1S/C5H10N2O7S/c1-14-5(11)7-15(12,13)6-3(2-8)4(9)10/h3,6,8H,2H2,1H3,(H,7,11)(H,9,10)/t3-/m0/s1. The summed E-state index contributed by atoms with van der Waals surface area (Å²) in [6, 6.07) is -1.73. The van der Waals surface area contributed by atoms with Crippen LogP contribution in [0, 0.1) is 0 Å². The van der Waals surface area contributed by atoms with Crippen LogP contribution >= 0.6 is 0 Å². The van der Waals surface area contributed by atoms with E-state index in [1.807, 2.05) is 0 Å². The number of carbonyl (C=O) groups is 2. The van der Waals surface area contributed by atoms with Crippen molar-refractivity contribution in [2.75, 3.05) is 13.7 Å². The fraction of sp³-hybridized carbons (Fsp3) is 0.600. The summed E-state index contributed by atoms with van der Waals surface area (Å²) in [5.41, 5.74) is 0. The average molecular weight is 242 g/mol. The lowest BCUT2D eigenvalue weighted by Crippen LogP contribution is -2.49. The number of aliphatic hydroxyl groups excluding tert-OH is 1. The maximum absolute atomic E-state index is 11.0. The van der Waals surface area contributed by atoms with Gasteiger partial charge in [0, 0.05) is 0 Å². The van der Waals surface area contributed by atoms with Crippen LogP contribution in [0.25, 0.3) is 0 Å². The van der Waals surface area contributed by atoms with E-state index in [4.69, 9.17) is 10.2 Å². The topological polar surface area (TPSA) is 142 Å². The van der Waals surface area contributed by atoms with Gasteiger partial charge < -0.3 is 14.9 Å². The van der Waals surface area contributed by atoms with Crippen LogP contribution in [0.2, 0.25) is 0 Å². The van der Waals surface area contributed by atoms with E-state index in [1.54, 1.807) is 0 Å². The molecule has 1 amide bonds. The first kappa shape index (κ1) is 13.6. The van der Waals surface area contributed by atoms with Crippen LogP contribution in [0.1, 0.15) is 0 Å². The first-order chi connectivity index (χ1) is 6.82. The van der Waals surface area contributed by atoms with E-state index in [0.29, 0.717) is 0 Å². The lowest BCUT2D eigenvalue weighted by atomic mass is 10.3. The lowest BCUT2D eigenvalue weighted by molar-refractivity contribution is -0.139. The Bertz CT molecular complexity index is 337. The fourth-order valence-corrected chi connectivity index (χ4v) is 1.45. The predicted molar refractivity (Wildman–Crippen MR) is 46.1 cm³/mol. The van der Waals surface area contributed by atoms with Crippen LogP contribution in [0.4, 0.5) is 4.79 Å². The van der Waals surface area contributed by atoms with E-state index in [9.17, 15) is 18.0 Å². The maximum atomic E-state index is 11.0. The number of carbonyl (C=O) groups excluding carboxylic acids is 1. The highest BCUT2D eigenvalue weighted by atomic mass is 32.2. The predicted octanol–water partition coefficient (Wildman–Crippen LogP) is -2.38. The number of nitrogens with one attached hydrogen (secondary N) is 2. The molecule has 88 valence electrons. The number of aliphatic carboxylic acids is 1. The summed E-state index contributed by atoms with van der Waals surface area (Å²) in [5.74, 6) is -1.58. The molecule has 15 heavy (non-hydrogen) atoms. The van der Waals surface area contributed by atoms with Crippen molar-refractivity contribution in [3.8, 4) is 0 Å². The van der Waals surface area contributed by atoms with Crippen LogP contribution in [-0.2, 0) is 19.7 Å². The van der Waals surface area contributed by atoms with Crippen molar-refractivity contribution >= 4 is 22.3 Å². The minimum atomic E-state index is -4.36. The number of hydrogen-bond acceptors (Lipinski definition) is 6. The number of carboxylic acid groups (broad SMARTS) is 1. The normalized spacial score (nSPS) is 12.9. The average Bonchev–Trinajstić information content (AvgIpc) is 2.13. The van der Waals surface area contributed by atoms with Gasteiger partial charge in [-0.15, -0.1) is 0 Å². The number of amides is 1. The molecule has 1 atom stereocenters. The van der Waals surface area contributed by atoms with Gasteiger partial charge in [0.05, 0.1) is 13.7 Å². The molecule has 0 saturated heterocycles.